The first kappa shape index (κ1) is 26.6. The van der Waals surface area contributed by atoms with Gasteiger partial charge < -0.3 is 24.2 Å². The highest BCUT2D eigenvalue weighted by Gasteiger charge is 2.49. The quantitative estimate of drug-likeness (QED) is 0.406. The fourth-order valence-electron chi connectivity index (χ4n) is 5.07. The predicted octanol–water partition coefficient (Wildman–Crippen LogP) is 5.17. The van der Waals surface area contributed by atoms with Crippen molar-refractivity contribution in [3.8, 4) is 11.5 Å². The van der Waals surface area contributed by atoms with Crippen molar-refractivity contribution in [3.05, 3.63) is 95.1 Å². The molecule has 3 aromatic carbocycles. The van der Waals surface area contributed by atoms with Crippen molar-refractivity contribution in [1.29, 1.82) is 0 Å². The average Bonchev–Trinajstić information content (AvgIpc) is 2.93. The van der Waals surface area contributed by atoms with Crippen LogP contribution < -0.4 is 9.47 Å². The van der Waals surface area contributed by atoms with Crippen molar-refractivity contribution >= 4 is 11.9 Å². The van der Waals surface area contributed by atoms with Crippen molar-refractivity contribution in [2.75, 3.05) is 7.11 Å². The first-order valence-electron chi connectivity index (χ1n) is 12.7. The lowest BCUT2D eigenvalue weighted by atomic mass is 9.90. The monoisotopic (exact) mass is 537 g/mol. The molecular formula is C30H29F2NO6. The molecule has 0 spiro atoms. The maximum atomic E-state index is 13.9. The first-order valence-corrected chi connectivity index (χ1v) is 12.7. The number of methoxy groups -OCH3 is 1. The molecule has 1 amide bonds. The molecule has 7 nitrogen and oxygen atoms in total. The third kappa shape index (κ3) is 5.73. The zero-order valence-electron chi connectivity index (χ0n) is 21.4. The number of carboxylic acids is 1. The molecule has 0 aromatic heterocycles. The summed E-state index contributed by atoms with van der Waals surface area (Å²) in [6.07, 6.45) is -2.96. The van der Waals surface area contributed by atoms with Gasteiger partial charge in [0.05, 0.1) is 13.2 Å². The number of fused-ring (bicyclic) bond motifs is 1. The Bertz CT molecular complexity index is 1330. The number of carbonyl (C=O) groups excluding carboxylic acids is 1. The van der Waals surface area contributed by atoms with E-state index in [2.05, 4.69) is 0 Å². The number of halogens is 2. The number of hydrogen-bond donors (Lipinski definition) is 1. The Kier molecular flexibility index (Phi) is 7.52. The number of carbonyl (C=O) groups is 2. The molecule has 204 valence electrons. The second-order valence-electron chi connectivity index (χ2n) is 9.85. The fourth-order valence-corrected chi connectivity index (χ4v) is 5.07. The summed E-state index contributed by atoms with van der Waals surface area (Å²) in [7, 11) is 1.51. The van der Waals surface area contributed by atoms with Crippen molar-refractivity contribution in [3.63, 3.8) is 0 Å². The molecule has 1 fully saturated rings. The molecule has 0 radical (unpaired) electrons. The SMILES string of the molecule is COc1ccc2c(c1OCc1ccccc1)C[C@@H](C(=O)O)N(C(=O)C(OC1CC(F)(F)C1)c1ccccc1)C2. The lowest BCUT2D eigenvalue weighted by Gasteiger charge is -2.40. The summed E-state index contributed by atoms with van der Waals surface area (Å²) in [5, 5.41) is 10.2. The van der Waals surface area contributed by atoms with Crippen LogP contribution in [-0.2, 0) is 33.9 Å². The van der Waals surface area contributed by atoms with Gasteiger partial charge in [-0.25, -0.2) is 13.6 Å². The van der Waals surface area contributed by atoms with Gasteiger partial charge in [-0.1, -0.05) is 66.7 Å². The van der Waals surface area contributed by atoms with Gasteiger partial charge in [0, 0.05) is 31.4 Å². The van der Waals surface area contributed by atoms with Crippen LogP contribution in [0.15, 0.2) is 72.8 Å². The first-order chi connectivity index (χ1) is 18.8. The van der Waals surface area contributed by atoms with Crippen molar-refractivity contribution < 1.29 is 37.7 Å². The average molecular weight is 538 g/mol. The highest BCUT2D eigenvalue weighted by atomic mass is 19.3. The predicted molar refractivity (Wildman–Crippen MR) is 138 cm³/mol. The zero-order chi connectivity index (χ0) is 27.6. The number of aliphatic carboxylic acids is 1. The largest absolute Gasteiger partial charge is 0.493 e. The molecular weight excluding hydrogens is 508 g/mol. The van der Waals surface area contributed by atoms with E-state index in [1.165, 1.54) is 12.0 Å². The van der Waals surface area contributed by atoms with E-state index in [0.29, 0.717) is 28.2 Å². The summed E-state index contributed by atoms with van der Waals surface area (Å²) in [5.41, 5.74) is 2.78. The number of amides is 1. The van der Waals surface area contributed by atoms with E-state index < -0.39 is 48.9 Å². The molecule has 1 saturated carbocycles. The van der Waals surface area contributed by atoms with Gasteiger partial charge in [0.25, 0.3) is 11.8 Å². The van der Waals surface area contributed by atoms with Gasteiger partial charge in [-0.3, -0.25) is 4.79 Å². The van der Waals surface area contributed by atoms with Crippen LogP contribution >= 0.6 is 0 Å². The number of ether oxygens (including phenoxy) is 3. The Balaban J connectivity index is 1.45. The summed E-state index contributed by atoms with van der Waals surface area (Å²) >= 11 is 0. The number of rotatable bonds is 9. The Labute approximate surface area is 224 Å². The van der Waals surface area contributed by atoms with Gasteiger partial charge in [0.15, 0.2) is 17.6 Å². The summed E-state index contributed by atoms with van der Waals surface area (Å²) in [4.78, 5) is 27.6. The van der Waals surface area contributed by atoms with E-state index in [4.69, 9.17) is 14.2 Å². The van der Waals surface area contributed by atoms with Crippen LogP contribution in [0.25, 0.3) is 0 Å². The minimum Gasteiger partial charge on any atom is -0.493 e. The summed E-state index contributed by atoms with van der Waals surface area (Å²) < 4.78 is 44.6. The molecule has 1 N–H and O–H groups in total. The fraction of sp³-hybridized carbons (Fsp3) is 0.333. The van der Waals surface area contributed by atoms with Crippen LogP contribution in [-0.4, -0.2) is 47.1 Å². The molecule has 2 atom stereocenters. The molecule has 3 aromatic rings. The summed E-state index contributed by atoms with van der Waals surface area (Å²) in [5.74, 6) is -3.70. The van der Waals surface area contributed by atoms with Gasteiger partial charge in [-0.05, 0) is 22.8 Å². The highest BCUT2D eigenvalue weighted by molar-refractivity contribution is 5.88. The standard InChI is InChI=1S/C30H29F2NO6/c1-37-25-13-12-21-17-33(24(29(35)36)14-23(21)27(25)38-18-19-8-4-2-5-9-19)28(34)26(20-10-6-3-7-11-20)39-22-15-30(31,32)16-22/h2-13,22,24,26H,14-18H2,1H3,(H,35,36)/t24-,26?/m0/s1. The van der Waals surface area contributed by atoms with Crippen LogP contribution in [0, 0.1) is 0 Å². The Morgan fingerprint density at radius 2 is 1.69 bits per heavy atom. The second-order valence-corrected chi connectivity index (χ2v) is 9.85. The normalized spacial score (nSPS) is 18.9. The van der Waals surface area contributed by atoms with Crippen LogP contribution in [0.4, 0.5) is 8.78 Å². The van der Waals surface area contributed by atoms with E-state index >= 15 is 0 Å². The third-order valence-corrected chi connectivity index (χ3v) is 7.16. The molecule has 0 saturated heterocycles. The van der Waals surface area contributed by atoms with E-state index in [9.17, 15) is 23.5 Å². The van der Waals surface area contributed by atoms with E-state index in [1.54, 1.807) is 42.5 Å². The Morgan fingerprint density at radius 3 is 2.31 bits per heavy atom. The smallest absolute Gasteiger partial charge is 0.326 e. The van der Waals surface area contributed by atoms with E-state index in [-0.39, 0.29) is 19.6 Å². The maximum absolute atomic E-state index is 13.9. The molecule has 9 heteroatoms. The van der Waals surface area contributed by atoms with Gasteiger partial charge >= 0.3 is 5.97 Å². The molecule has 0 bridgehead atoms. The van der Waals surface area contributed by atoms with Crippen LogP contribution in [0.1, 0.15) is 41.2 Å². The molecule has 1 aliphatic heterocycles. The number of nitrogens with zero attached hydrogens (tertiary/aromatic N) is 1. The minimum absolute atomic E-state index is 0.00958. The van der Waals surface area contributed by atoms with Gasteiger partial charge in [-0.2, -0.15) is 0 Å². The molecule has 39 heavy (non-hydrogen) atoms. The second kappa shape index (κ2) is 11.0. The summed E-state index contributed by atoms with van der Waals surface area (Å²) in [6.45, 7) is 0.244. The number of alkyl halides is 2. The van der Waals surface area contributed by atoms with Crippen molar-refractivity contribution in [1.82, 2.24) is 4.90 Å². The lowest BCUT2D eigenvalue weighted by Crippen LogP contribution is -2.51. The zero-order valence-corrected chi connectivity index (χ0v) is 21.4. The van der Waals surface area contributed by atoms with Gasteiger partial charge in [0.1, 0.15) is 12.6 Å². The lowest BCUT2D eigenvalue weighted by molar-refractivity contribution is -0.193. The topological polar surface area (TPSA) is 85.3 Å². The van der Waals surface area contributed by atoms with E-state index in [0.717, 1.165) is 5.56 Å². The molecule has 1 unspecified atom stereocenters. The van der Waals surface area contributed by atoms with Crippen LogP contribution in [0.3, 0.4) is 0 Å². The molecule has 2 aliphatic rings. The Hall–Kier alpha value is -3.98. The van der Waals surface area contributed by atoms with Crippen molar-refractivity contribution in [2.24, 2.45) is 0 Å². The number of hydrogen-bond acceptors (Lipinski definition) is 5. The third-order valence-electron chi connectivity index (χ3n) is 7.16. The van der Waals surface area contributed by atoms with Gasteiger partial charge in [0.2, 0.25) is 0 Å². The maximum Gasteiger partial charge on any atom is 0.326 e. The Morgan fingerprint density at radius 1 is 1.03 bits per heavy atom. The summed E-state index contributed by atoms with van der Waals surface area (Å²) in [6, 6.07) is 20.4. The highest BCUT2D eigenvalue weighted by Crippen LogP contribution is 2.43. The minimum atomic E-state index is -2.82. The number of benzene rings is 3. The van der Waals surface area contributed by atoms with Crippen molar-refractivity contribution in [2.45, 2.75) is 56.6 Å². The molecule has 5 rings (SSSR count). The van der Waals surface area contributed by atoms with Crippen LogP contribution in [0.2, 0.25) is 0 Å². The van der Waals surface area contributed by atoms with Crippen LogP contribution in [0.5, 0.6) is 11.5 Å². The van der Waals surface area contributed by atoms with Gasteiger partial charge in [-0.15, -0.1) is 0 Å². The van der Waals surface area contributed by atoms with E-state index in [1.807, 2.05) is 30.3 Å². The molecule has 1 aliphatic carbocycles. The number of carboxylic acid groups (broad SMARTS) is 1. The molecule has 1 heterocycles.